The molecule has 1 N–H and O–H groups in total. The van der Waals surface area contributed by atoms with Crippen molar-refractivity contribution in [2.75, 3.05) is 4.90 Å². The minimum atomic E-state index is -1.10. The fourth-order valence-corrected chi connectivity index (χ4v) is 5.47. The maximum absolute atomic E-state index is 13.4. The van der Waals surface area contributed by atoms with Gasteiger partial charge < -0.3 is 10.0 Å². The maximum Gasteiger partial charge on any atom is 0.348 e. The van der Waals surface area contributed by atoms with Gasteiger partial charge in [0.15, 0.2) is 0 Å². The Morgan fingerprint density at radius 3 is 2.30 bits per heavy atom. The average molecular weight is 517 g/mol. The molecule has 4 aromatic rings. The Hall–Kier alpha value is -2.71. The zero-order valence-electron chi connectivity index (χ0n) is 17.6. The number of hydrogen-bond donors (Lipinski definition) is 1. The molecule has 0 saturated heterocycles. The highest BCUT2D eigenvalue weighted by atomic mass is 35.5. The largest absolute Gasteiger partial charge is 0.477 e. The van der Waals surface area contributed by atoms with E-state index >= 15 is 0 Å². The maximum atomic E-state index is 13.4. The third-order valence-corrected chi connectivity index (χ3v) is 7.26. The number of anilines is 1. The van der Waals surface area contributed by atoms with Crippen LogP contribution in [0.3, 0.4) is 0 Å². The molecule has 1 amide bonds. The molecule has 0 spiro atoms. The number of carboxylic acids is 1. The lowest BCUT2D eigenvalue weighted by Gasteiger charge is -2.27. The Morgan fingerprint density at radius 2 is 1.73 bits per heavy atom. The zero-order valence-corrected chi connectivity index (χ0v) is 20.7. The van der Waals surface area contributed by atoms with Gasteiger partial charge in [-0.25, -0.2) is 9.78 Å². The first-order valence-corrected chi connectivity index (χ1v) is 12.4. The van der Waals surface area contributed by atoms with Crippen LogP contribution in [0.2, 0.25) is 10.0 Å². The molecule has 0 radical (unpaired) electrons. The van der Waals surface area contributed by atoms with E-state index in [-0.39, 0.29) is 21.5 Å². The van der Waals surface area contributed by atoms with Gasteiger partial charge in [0, 0.05) is 26.9 Å². The van der Waals surface area contributed by atoms with Crippen molar-refractivity contribution in [3.05, 3.63) is 79.9 Å². The molecule has 2 aromatic heterocycles. The summed E-state index contributed by atoms with van der Waals surface area (Å²) in [6.45, 7) is 3.65. The highest BCUT2D eigenvalue weighted by molar-refractivity contribution is 7.18. The number of hydrogen-bond acceptors (Lipinski definition) is 5. The molecule has 0 aliphatic rings. The van der Waals surface area contributed by atoms with Crippen LogP contribution in [0.1, 0.15) is 33.9 Å². The first-order chi connectivity index (χ1) is 15.8. The second-order valence-electron chi connectivity index (χ2n) is 7.47. The van der Waals surface area contributed by atoms with Crippen LogP contribution in [0.15, 0.2) is 59.4 Å². The van der Waals surface area contributed by atoms with Crippen LogP contribution in [0.4, 0.5) is 5.69 Å². The molecule has 0 unspecified atom stereocenters. The summed E-state index contributed by atoms with van der Waals surface area (Å²) in [6, 6.07) is 13.8. The lowest BCUT2D eigenvalue weighted by atomic mass is 10.1. The summed E-state index contributed by atoms with van der Waals surface area (Å²) in [4.78, 5) is 32.1. The lowest BCUT2D eigenvalue weighted by molar-refractivity contribution is 0.0703. The van der Waals surface area contributed by atoms with E-state index in [1.807, 2.05) is 43.5 Å². The topological polar surface area (TPSA) is 70.5 Å². The Labute approximate surface area is 208 Å². The number of aromatic carboxylic acids is 1. The highest BCUT2D eigenvalue weighted by Crippen LogP contribution is 2.39. The molecule has 5 nitrogen and oxygen atoms in total. The number of carboxylic acid groups (broad SMARTS) is 1. The quantitative estimate of drug-likeness (QED) is 0.286. The number of carbonyl (C=O) groups is 2. The predicted molar refractivity (Wildman–Crippen MR) is 136 cm³/mol. The van der Waals surface area contributed by atoms with Gasteiger partial charge >= 0.3 is 5.97 Å². The summed E-state index contributed by atoms with van der Waals surface area (Å²) in [7, 11) is 0. The summed E-state index contributed by atoms with van der Waals surface area (Å²) in [5.74, 6) is -1.49. The number of thiophene rings is 1. The van der Waals surface area contributed by atoms with Crippen LogP contribution in [0, 0.1) is 0 Å². The number of thiazole rings is 1. The third kappa shape index (κ3) is 4.82. The minimum Gasteiger partial charge on any atom is -0.477 e. The fraction of sp³-hybridized carbons (Fsp3) is 0.125. The van der Waals surface area contributed by atoms with Crippen molar-refractivity contribution in [2.45, 2.75) is 19.9 Å². The number of benzene rings is 2. The number of rotatable bonds is 6. The number of aromatic nitrogens is 1. The molecule has 2 heterocycles. The van der Waals surface area contributed by atoms with Crippen LogP contribution >= 0.6 is 45.9 Å². The molecule has 0 atom stereocenters. The van der Waals surface area contributed by atoms with Gasteiger partial charge in [-0.2, -0.15) is 0 Å². The number of amides is 1. The monoisotopic (exact) mass is 516 g/mol. The number of carbonyl (C=O) groups excluding carboxylic acids is 1. The Balaban J connectivity index is 1.76. The van der Waals surface area contributed by atoms with E-state index in [2.05, 4.69) is 4.98 Å². The van der Waals surface area contributed by atoms with Crippen molar-refractivity contribution < 1.29 is 14.7 Å². The number of halogens is 2. The summed E-state index contributed by atoms with van der Waals surface area (Å²) in [5.41, 5.74) is 5.09. The van der Waals surface area contributed by atoms with Crippen LogP contribution in [-0.2, 0) is 0 Å². The number of nitrogens with zero attached hydrogens (tertiary/aromatic N) is 2. The van der Waals surface area contributed by atoms with Gasteiger partial charge in [-0.05, 0) is 43.7 Å². The van der Waals surface area contributed by atoms with Crippen LogP contribution in [-0.4, -0.2) is 28.0 Å². The Morgan fingerprint density at radius 1 is 1.03 bits per heavy atom. The molecule has 0 fully saturated rings. The van der Waals surface area contributed by atoms with Crippen LogP contribution in [0.5, 0.6) is 0 Å². The van der Waals surface area contributed by atoms with Crippen molar-refractivity contribution >= 4 is 63.4 Å². The second kappa shape index (κ2) is 9.65. The van der Waals surface area contributed by atoms with Gasteiger partial charge in [-0.15, -0.1) is 22.7 Å². The van der Waals surface area contributed by atoms with Gasteiger partial charge in [0.25, 0.3) is 5.91 Å². The van der Waals surface area contributed by atoms with Gasteiger partial charge in [0.05, 0.1) is 27.5 Å². The molecule has 0 aliphatic carbocycles. The standard InChI is InChI=1S/C24H18Cl2N2O3S2/c1-13(2)28(23(29)17-8-7-16(25)9-18(17)26)20-10-21(33-22(20)24(30)31)15-5-3-14(4-6-15)19-11-32-12-27-19/h3-13H,1-2H3,(H,30,31). The molecule has 33 heavy (non-hydrogen) atoms. The van der Waals surface area contributed by atoms with E-state index in [0.717, 1.165) is 33.0 Å². The molecular formula is C24H18Cl2N2O3S2. The lowest BCUT2D eigenvalue weighted by Crippen LogP contribution is -2.37. The van der Waals surface area contributed by atoms with E-state index in [4.69, 9.17) is 23.2 Å². The average Bonchev–Trinajstić information content (AvgIpc) is 3.44. The first-order valence-electron chi connectivity index (χ1n) is 9.91. The molecule has 2 aromatic carbocycles. The Kier molecular flexibility index (Phi) is 6.86. The Bertz CT molecular complexity index is 1320. The normalized spacial score (nSPS) is 11.1. The van der Waals surface area contributed by atoms with Crippen molar-refractivity contribution in [3.8, 4) is 21.7 Å². The predicted octanol–water partition coefficient (Wildman–Crippen LogP) is 7.60. The minimum absolute atomic E-state index is 0.0840. The van der Waals surface area contributed by atoms with Gasteiger partial charge in [-0.3, -0.25) is 4.79 Å². The summed E-state index contributed by atoms with van der Waals surface area (Å²) >= 11 is 14.9. The van der Waals surface area contributed by atoms with Crippen molar-refractivity contribution in [3.63, 3.8) is 0 Å². The molecule has 9 heteroatoms. The van der Waals surface area contributed by atoms with Crippen molar-refractivity contribution in [1.82, 2.24) is 4.98 Å². The van der Waals surface area contributed by atoms with E-state index in [1.54, 1.807) is 23.7 Å². The summed E-state index contributed by atoms with van der Waals surface area (Å²) in [6.07, 6.45) is 0. The van der Waals surface area contributed by atoms with Crippen molar-refractivity contribution in [2.24, 2.45) is 0 Å². The molecule has 0 bridgehead atoms. The second-order valence-corrected chi connectivity index (χ2v) is 10.1. The van der Waals surface area contributed by atoms with E-state index < -0.39 is 11.9 Å². The summed E-state index contributed by atoms with van der Waals surface area (Å²) in [5, 5.41) is 12.5. The van der Waals surface area contributed by atoms with Crippen LogP contribution in [0.25, 0.3) is 21.7 Å². The molecular weight excluding hydrogens is 499 g/mol. The highest BCUT2D eigenvalue weighted by Gasteiger charge is 2.29. The van der Waals surface area contributed by atoms with Gasteiger partial charge in [-0.1, -0.05) is 47.5 Å². The van der Waals surface area contributed by atoms with Crippen LogP contribution < -0.4 is 4.90 Å². The molecule has 0 saturated carbocycles. The van der Waals surface area contributed by atoms with Crippen molar-refractivity contribution in [1.29, 1.82) is 0 Å². The molecule has 4 rings (SSSR count). The molecule has 0 aliphatic heterocycles. The van der Waals surface area contributed by atoms with Gasteiger partial charge in [0.1, 0.15) is 4.88 Å². The van der Waals surface area contributed by atoms with E-state index in [0.29, 0.717) is 10.7 Å². The third-order valence-electron chi connectivity index (χ3n) is 4.96. The first kappa shape index (κ1) is 23.4. The fourth-order valence-electron chi connectivity index (χ4n) is 3.43. The van der Waals surface area contributed by atoms with E-state index in [9.17, 15) is 14.7 Å². The molecule has 168 valence electrons. The zero-order chi connectivity index (χ0) is 23.7. The summed E-state index contributed by atoms with van der Waals surface area (Å²) < 4.78 is 0. The van der Waals surface area contributed by atoms with E-state index in [1.165, 1.54) is 22.3 Å². The SMILES string of the molecule is CC(C)N(C(=O)c1ccc(Cl)cc1Cl)c1cc(-c2ccc(-c3cscn3)cc2)sc1C(=O)O. The smallest absolute Gasteiger partial charge is 0.348 e. The van der Waals surface area contributed by atoms with Gasteiger partial charge in [0.2, 0.25) is 0 Å².